The Kier molecular flexibility index (Phi) is 4.92. The Hall–Kier alpha value is -0.530. The maximum absolute atomic E-state index is 6.22. The molecule has 2 heteroatoms. The Bertz CT molecular complexity index is 399. The van der Waals surface area contributed by atoms with Gasteiger partial charge in [-0.05, 0) is 74.2 Å². The number of benzene rings is 1. The van der Waals surface area contributed by atoms with Crippen LogP contribution in [0.3, 0.4) is 0 Å². The van der Waals surface area contributed by atoms with Crippen molar-refractivity contribution in [1.29, 1.82) is 0 Å². The van der Waals surface area contributed by atoms with E-state index in [1.807, 2.05) is 6.07 Å². The zero-order valence-electron chi connectivity index (χ0n) is 12.5. The fourth-order valence-electron chi connectivity index (χ4n) is 3.90. The molecule has 19 heavy (non-hydrogen) atoms. The van der Waals surface area contributed by atoms with Gasteiger partial charge < -0.3 is 5.32 Å². The molecular formula is C17H26ClN. The molecule has 1 N–H and O–H groups in total. The van der Waals surface area contributed by atoms with Gasteiger partial charge in [-0.25, -0.2) is 0 Å². The summed E-state index contributed by atoms with van der Waals surface area (Å²) in [5, 5.41) is 4.38. The lowest BCUT2D eigenvalue weighted by Gasteiger charge is -2.36. The molecule has 1 aromatic carbocycles. The highest BCUT2D eigenvalue weighted by molar-refractivity contribution is 6.30. The third-order valence-electron chi connectivity index (χ3n) is 4.42. The highest BCUT2D eigenvalue weighted by Gasteiger charge is 2.30. The molecule has 0 radical (unpaired) electrons. The number of aryl methyl sites for hydroxylation is 1. The number of halogens is 1. The van der Waals surface area contributed by atoms with Gasteiger partial charge in [-0.1, -0.05) is 31.5 Å². The molecule has 106 valence electrons. The van der Waals surface area contributed by atoms with Crippen LogP contribution in [0.25, 0.3) is 0 Å². The smallest absolute Gasteiger partial charge is 0.0411 e. The highest BCUT2D eigenvalue weighted by Crippen LogP contribution is 2.40. The van der Waals surface area contributed by atoms with Gasteiger partial charge in [0.15, 0.2) is 0 Å². The molecule has 0 bridgehead atoms. The maximum atomic E-state index is 6.22. The molecule has 1 nitrogen and oxygen atoms in total. The first-order chi connectivity index (χ1) is 8.99. The summed E-state index contributed by atoms with van der Waals surface area (Å²) in [7, 11) is 2.07. The molecule has 3 atom stereocenters. The van der Waals surface area contributed by atoms with Gasteiger partial charge in [0.05, 0.1) is 0 Å². The van der Waals surface area contributed by atoms with Crippen molar-refractivity contribution in [3.8, 4) is 0 Å². The van der Waals surface area contributed by atoms with Crippen molar-refractivity contribution in [1.82, 2.24) is 5.32 Å². The minimum absolute atomic E-state index is 0.433. The summed E-state index contributed by atoms with van der Waals surface area (Å²) in [6, 6.07) is 6.86. The number of hydrogen-bond acceptors (Lipinski definition) is 1. The first kappa shape index (κ1) is 14.9. The molecule has 2 rings (SSSR count). The van der Waals surface area contributed by atoms with E-state index in [0.717, 1.165) is 22.8 Å². The van der Waals surface area contributed by atoms with Crippen molar-refractivity contribution in [3.05, 3.63) is 34.3 Å². The summed E-state index contributed by atoms with van der Waals surface area (Å²) < 4.78 is 0. The molecule has 1 saturated carbocycles. The predicted octanol–water partition coefficient (Wildman–Crippen LogP) is 4.98. The fourth-order valence-corrected chi connectivity index (χ4v) is 4.20. The van der Waals surface area contributed by atoms with Gasteiger partial charge in [-0.3, -0.25) is 0 Å². The Morgan fingerprint density at radius 2 is 1.74 bits per heavy atom. The molecule has 0 heterocycles. The number of hydrogen-bond donors (Lipinski definition) is 1. The van der Waals surface area contributed by atoms with Crippen LogP contribution >= 0.6 is 11.6 Å². The first-order valence-electron chi connectivity index (χ1n) is 7.44. The van der Waals surface area contributed by atoms with Crippen molar-refractivity contribution >= 4 is 11.6 Å². The number of rotatable bonds is 3. The van der Waals surface area contributed by atoms with E-state index in [1.54, 1.807) is 0 Å². The van der Waals surface area contributed by atoms with Gasteiger partial charge in [0.25, 0.3) is 0 Å². The van der Waals surface area contributed by atoms with E-state index in [2.05, 4.69) is 45.3 Å². The van der Waals surface area contributed by atoms with Crippen molar-refractivity contribution in [3.63, 3.8) is 0 Å². The second kappa shape index (κ2) is 6.28. The fraction of sp³-hybridized carbons (Fsp3) is 0.647. The molecule has 1 fully saturated rings. The minimum atomic E-state index is 0.433. The molecule has 0 amide bonds. The van der Waals surface area contributed by atoms with Crippen LogP contribution in [0.15, 0.2) is 18.2 Å². The Labute approximate surface area is 122 Å². The lowest BCUT2D eigenvalue weighted by Crippen LogP contribution is -2.31. The van der Waals surface area contributed by atoms with Gasteiger partial charge in [0.2, 0.25) is 0 Å². The summed E-state index contributed by atoms with van der Waals surface area (Å²) >= 11 is 6.22. The molecule has 0 saturated heterocycles. The average Bonchev–Trinajstić information content (AvgIpc) is 2.27. The second-order valence-corrected chi connectivity index (χ2v) is 6.94. The lowest BCUT2D eigenvalue weighted by molar-refractivity contribution is 0.180. The zero-order valence-corrected chi connectivity index (χ0v) is 13.3. The lowest BCUT2D eigenvalue weighted by atomic mass is 9.72. The maximum Gasteiger partial charge on any atom is 0.0411 e. The first-order valence-corrected chi connectivity index (χ1v) is 7.81. The van der Waals surface area contributed by atoms with Crippen molar-refractivity contribution < 1.29 is 0 Å². The zero-order chi connectivity index (χ0) is 14.0. The van der Waals surface area contributed by atoms with Crippen molar-refractivity contribution in [2.75, 3.05) is 7.05 Å². The monoisotopic (exact) mass is 279 g/mol. The average molecular weight is 280 g/mol. The van der Waals surface area contributed by atoms with Crippen LogP contribution in [0.5, 0.6) is 0 Å². The van der Waals surface area contributed by atoms with Crippen molar-refractivity contribution in [2.24, 2.45) is 17.8 Å². The van der Waals surface area contributed by atoms with Crippen LogP contribution in [-0.4, -0.2) is 7.05 Å². The van der Waals surface area contributed by atoms with Crippen LogP contribution in [0.4, 0.5) is 0 Å². The molecule has 3 unspecified atom stereocenters. The minimum Gasteiger partial charge on any atom is -0.313 e. The summed E-state index contributed by atoms with van der Waals surface area (Å²) in [5.41, 5.74) is 2.60. The molecule has 0 aliphatic heterocycles. The summed E-state index contributed by atoms with van der Waals surface area (Å²) in [6.07, 6.45) is 4.02. The van der Waals surface area contributed by atoms with E-state index in [1.165, 1.54) is 30.4 Å². The van der Waals surface area contributed by atoms with E-state index in [0.29, 0.717) is 6.04 Å². The van der Waals surface area contributed by atoms with Crippen LogP contribution in [0.1, 0.15) is 50.3 Å². The Balaban J connectivity index is 2.23. The molecule has 1 aliphatic carbocycles. The quantitative estimate of drug-likeness (QED) is 0.823. The van der Waals surface area contributed by atoms with Crippen LogP contribution < -0.4 is 5.32 Å². The summed E-state index contributed by atoms with van der Waals surface area (Å²) in [4.78, 5) is 0. The molecule has 0 aromatic heterocycles. The summed E-state index contributed by atoms with van der Waals surface area (Å²) in [6.45, 7) is 6.89. The molecule has 0 spiro atoms. The number of nitrogens with one attached hydrogen (secondary N) is 1. The van der Waals surface area contributed by atoms with E-state index < -0.39 is 0 Å². The second-order valence-electron chi connectivity index (χ2n) is 6.51. The topological polar surface area (TPSA) is 12.0 Å². The van der Waals surface area contributed by atoms with Crippen LogP contribution in [0, 0.1) is 24.7 Å². The summed E-state index contributed by atoms with van der Waals surface area (Å²) in [5.74, 6) is 2.40. The van der Waals surface area contributed by atoms with E-state index in [9.17, 15) is 0 Å². The van der Waals surface area contributed by atoms with Crippen LogP contribution in [-0.2, 0) is 0 Å². The Morgan fingerprint density at radius 3 is 2.26 bits per heavy atom. The third-order valence-corrected chi connectivity index (χ3v) is 4.64. The highest BCUT2D eigenvalue weighted by atomic mass is 35.5. The largest absolute Gasteiger partial charge is 0.313 e. The van der Waals surface area contributed by atoms with E-state index >= 15 is 0 Å². The van der Waals surface area contributed by atoms with E-state index in [-0.39, 0.29) is 0 Å². The van der Waals surface area contributed by atoms with Gasteiger partial charge in [-0.2, -0.15) is 0 Å². The van der Waals surface area contributed by atoms with Crippen molar-refractivity contribution in [2.45, 2.75) is 46.1 Å². The van der Waals surface area contributed by atoms with Crippen LogP contribution in [0.2, 0.25) is 5.02 Å². The molecular weight excluding hydrogens is 254 g/mol. The van der Waals surface area contributed by atoms with Gasteiger partial charge in [-0.15, -0.1) is 0 Å². The van der Waals surface area contributed by atoms with Gasteiger partial charge in [0.1, 0.15) is 0 Å². The standard InChI is InChI=1S/C17H26ClN/c1-11-5-12(2)7-14(6-11)17(19-4)15-8-13(3)9-16(18)10-15/h8-12,14,17,19H,5-7H2,1-4H3. The van der Waals surface area contributed by atoms with Gasteiger partial charge >= 0.3 is 0 Å². The molecule has 1 aliphatic rings. The Morgan fingerprint density at radius 1 is 1.11 bits per heavy atom. The molecule has 1 aromatic rings. The third kappa shape index (κ3) is 3.73. The normalized spacial score (nSPS) is 29.2. The SMILES string of the molecule is CNC(c1cc(C)cc(Cl)c1)C1CC(C)CC(C)C1. The van der Waals surface area contributed by atoms with Gasteiger partial charge in [0, 0.05) is 11.1 Å². The predicted molar refractivity (Wildman–Crippen MR) is 83.7 cm³/mol. The van der Waals surface area contributed by atoms with E-state index in [4.69, 9.17) is 11.6 Å².